The monoisotopic (exact) mass is 337 g/mol. The molecule has 0 bridgehead atoms. The predicted molar refractivity (Wildman–Crippen MR) is 98.4 cm³/mol. The van der Waals surface area contributed by atoms with Crippen LogP contribution in [0.4, 0.5) is 11.6 Å². The van der Waals surface area contributed by atoms with E-state index in [1.807, 2.05) is 30.1 Å². The van der Waals surface area contributed by atoms with Gasteiger partial charge in [-0.05, 0) is 32.0 Å². The fourth-order valence-electron chi connectivity index (χ4n) is 2.61. The van der Waals surface area contributed by atoms with Crippen molar-refractivity contribution in [1.29, 1.82) is 0 Å². The topological polar surface area (TPSA) is 83.7 Å². The highest BCUT2D eigenvalue weighted by molar-refractivity contribution is 5.73. The third-order valence-electron chi connectivity index (χ3n) is 4.05. The number of anilines is 2. The van der Waals surface area contributed by atoms with Crippen LogP contribution in [-0.2, 0) is 9.53 Å². The maximum absolute atomic E-state index is 11.3. The molecular weight excluding hydrogens is 306 g/mol. The Labute approximate surface area is 145 Å². The summed E-state index contributed by atoms with van der Waals surface area (Å²) in [7, 11) is 5.21. The summed E-state index contributed by atoms with van der Waals surface area (Å²) < 4.78 is 5.10. The van der Waals surface area contributed by atoms with E-state index in [4.69, 9.17) is 4.74 Å². The van der Waals surface area contributed by atoms with Gasteiger partial charge in [0.2, 0.25) is 5.91 Å². The number of nitrogens with one attached hydrogen (secondary N) is 1. The normalized spacial score (nSPS) is 14.6. The van der Waals surface area contributed by atoms with Crippen LogP contribution in [-0.4, -0.2) is 69.3 Å². The third-order valence-corrected chi connectivity index (χ3v) is 4.05. The number of nitrogens with zero attached hydrogens (tertiary/aromatic N) is 3. The minimum atomic E-state index is 0.165. The van der Waals surface area contributed by atoms with Gasteiger partial charge < -0.3 is 25.6 Å². The standard InChI is InChI=1S/C16H26N4O2.CH5N/c1-13(21)20-9-7-14(8-10-20)17-15-5-4-6-16(18-15)19(2)11-12-22-3;1-2/h4-6,14H,7-12H2,1-3H3,(H,17,18);2H2,1H3. The number of ether oxygens (including phenoxy) is 1. The number of aromatic nitrogens is 1. The van der Waals surface area contributed by atoms with Crippen LogP contribution in [0.25, 0.3) is 0 Å². The van der Waals surface area contributed by atoms with Crippen LogP contribution >= 0.6 is 0 Å². The summed E-state index contributed by atoms with van der Waals surface area (Å²) >= 11 is 0. The van der Waals surface area contributed by atoms with Crippen LogP contribution in [0.5, 0.6) is 0 Å². The summed E-state index contributed by atoms with van der Waals surface area (Å²) in [4.78, 5) is 20.0. The van der Waals surface area contributed by atoms with Crippen molar-refractivity contribution in [2.24, 2.45) is 5.73 Å². The zero-order valence-corrected chi connectivity index (χ0v) is 15.3. The Morgan fingerprint density at radius 1 is 1.42 bits per heavy atom. The summed E-state index contributed by atoms with van der Waals surface area (Å²) in [6, 6.07) is 6.38. The highest BCUT2D eigenvalue weighted by Crippen LogP contribution is 2.18. The lowest BCUT2D eigenvalue weighted by molar-refractivity contribution is -0.129. The van der Waals surface area contributed by atoms with Crippen molar-refractivity contribution in [3.8, 4) is 0 Å². The van der Waals surface area contributed by atoms with E-state index in [9.17, 15) is 4.79 Å². The molecule has 1 saturated heterocycles. The first-order valence-corrected chi connectivity index (χ1v) is 8.37. The van der Waals surface area contributed by atoms with Gasteiger partial charge in [-0.25, -0.2) is 4.98 Å². The van der Waals surface area contributed by atoms with Gasteiger partial charge in [-0.3, -0.25) is 4.79 Å². The molecule has 0 unspecified atom stereocenters. The van der Waals surface area contributed by atoms with Crippen molar-refractivity contribution < 1.29 is 9.53 Å². The molecule has 1 fully saturated rings. The summed E-state index contributed by atoms with van der Waals surface area (Å²) in [6.45, 7) is 4.76. The molecule has 0 aliphatic carbocycles. The number of nitrogens with two attached hydrogens (primary N) is 1. The molecule has 0 atom stereocenters. The number of hydrogen-bond acceptors (Lipinski definition) is 6. The third kappa shape index (κ3) is 6.33. The fraction of sp³-hybridized carbons (Fsp3) is 0.647. The molecule has 2 heterocycles. The molecular formula is C17H31N5O2. The molecule has 1 amide bonds. The van der Waals surface area contributed by atoms with Crippen LogP contribution in [0, 0.1) is 0 Å². The SMILES string of the molecule is CN.COCCN(C)c1cccc(NC2CCN(C(C)=O)CC2)n1. The van der Waals surface area contributed by atoms with Gasteiger partial charge in [0.1, 0.15) is 11.6 Å². The van der Waals surface area contributed by atoms with Crippen molar-refractivity contribution in [3.63, 3.8) is 0 Å². The number of hydrogen-bond donors (Lipinski definition) is 2. The molecule has 136 valence electrons. The molecule has 7 nitrogen and oxygen atoms in total. The van der Waals surface area contributed by atoms with Gasteiger partial charge in [0.25, 0.3) is 0 Å². The largest absolute Gasteiger partial charge is 0.383 e. The average molecular weight is 337 g/mol. The predicted octanol–water partition coefficient (Wildman–Crippen LogP) is 1.16. The first kappa shape index (κ1) is 20.2. The Morgan fingerprint density at radius 2 is 2.08 bits per heavy atom. The molecule has 1 aliphatic rings. The van der Waals surface area contributed by atoms with Crippen molar-refractivity contribution >= 4 is 17.5 Å². The highest BCUT2D eigenvalue weighted by atomic mass is 16.5. The van der Waals surface area contributed by atoms with Gasteiger partial charge >= 0.3 is 0 Å². The molecule has 24 heavy (non-hydrogen) atoms. The van der Waals surface area contributed by atoms with Crippen LogP contribution in [0.15, 0.2) is 18.2 Å². The molecule has 0 saturated carbocycles. The van der Waals surface area contributed by atoms with E-state index in [-0.39, 0.29) is 5.91 Å². The molecule has 1 aliphatic heterocycles. The van der Waals surface area contributed by atoms with Gasteiger partial charge in [0, 0.05) is 46.8 Å². The highest BCUT2D eigenvalue weighted by Gasteiger charge is 2.20. The zero-order valence-electron chi connectivity index (χ0n) is 15.3. The molecule has 1 aromatic heterocycles. The van der Waals surface area contributed by atoms with E-state index in [2.05, 4.69) is 20.9 Å². The summed E-state index contributed by atoms with van der Waals surface area (Å²) in [6.07, 6.45) is 1.93. The van der Waals surface area contributed by atoms with Crippen LogP contribution < -0.4 is 16.0 Å². The van der Waals surface area contributed by atoms with E-state index in [1.54, 1.807) is 14.0 Å². The van der Waals surface area contributed by atoms with Crippen molar-refractivity contribution in [2.45, 2.75) is 25.8 Å². The minimum absolute atomic E-state index is 0.165. The molecule has 7 heteroatoms. The smallest absolute Gasteiger partial charge is 0.219 e. The number of amides is 1. The van der Waals surface area contributed by atoms with E-state index in [0.717, 1.165) is 44.1 Å². The number of methoxy groups -OCH3 is 1. The molecule has 3 N–H and O–H groups in total. The fourth-order valence-corrected chi connectivity index (χ4v) is 2.61. The second kappa shape index (κ2) is 10.8. The maximum atomic E-state index is 11.3. The lowest BCUT2D eigenvalue weighted by Crippen LogP contribution is -2.41. The summed E-state index contributed by atoms with van der Waals surface area (Å²) in [5.74, 6) is 1.99. The van der Waals surface area contributed by atoms with Crippen molar-refractivity contribution in [2.75, 3.05) is 57.7 Å². The van der Waals surface area contributed by atoms with Crippen LogP contribution in [0.1, 0.15) is 19.8 Å². The Bertz CT molecular complexity index is 490. The summed E-state index contributed by atoms with van der Waals surface area (Å²) in [5, 5.41) is 3.48. The first-order chi connectivity index (χ1) is 11.6. The van der Waals surface area contributed by atoms with Crippen molar-refractivity contribution in [3.05, 3.63) is 18.2 Å². The van der Waals surface area contributed by atoms with Gasteiger partial charge in [0.05, 0.1) is 6.61 Å². The number of carbonyl (C=O) groups excluding carboxylic acids is 1. The van der Waals surface area contributed by atoms with E-state index < -0.39 is 0 Å². The Kier molecular flexibility index (Phi) is 9.11. The van der Waals surface area contributed by atoms with E-state index in [1.165, 1.54) is 7.05 Å². The van der Waals surface area contributed by atoms with Gasteiger partial charge in [0.15, 0.2) is 0 Å². The number of likely N-dealkylation sites (N-methyl/N-ethyl adjacent to an activating group) is 1. The number of likely N-dealkylation sites (tertiary alicyclic amines) is 1. The Morgan fingerprint density at radius 3 is 2.67 bits per heavy atom. The van der Waals surface area contributed by atoms with Gasteiger partial charge in [-0.1, -0.05) is 6.07 Å². The van der Waals surface area contributed by atoms with E-state index >= 15 is 0 Å². The van der Waals surface area contributed by atoms with Gasteiger partial charge in [-0.2, -0.15) is 0 Å². The Hall–Kier alpha value is -1.86. The van der Waals surface area contributed by atoms with Gasteiger partial charge in [-0.15, -0.1) is 0 Å². The number of piperidine rings is 1. The average Bonchev–Trinajstić information content (AvgIpc) is 2.62. The number of pyridine rings is 1. The Balaban J connectivity index is 0.00000139. The van der Waals surface area contributed by atoms with Crippen molar-refractivity contribution in [1.82, 2.24) is 9.88 Å². The van der Waals surface area contributed by atoms with Crippen LogP contribution in [0.3, 0.4) is 0 Å². The number of rotatable bonds is 6. The summed E-state index contributed by atoms with van der Waals surface area (Å²) in [5.41, 5.74) is 4.50. The molecule has 0 aromatic carbocycles. The van der Waals surface area contributed by atoms with Crippen LogP contribution in [0.2, 0.25) is 0 Å². The number of carbonyl (C=O) groups is 1. The first-order valence-electron chi connectivity index (χ1n) is 8.37. The lowest BCUT2D eigenvalue weighted by atomic mass is 10.1. The second-order valence-electron chi connectivity index (χ2n) is 5.72. The molecule has 0 spiro atoms. The molecule has 2 rings (SSSR count). The zero-order chi connectivity index (χ0) is 17.9. The maximum Gasteiger partial charge on any atom is 0.219 e. The van der Waals surface area contributed by atoms with E-state index in [0.29, 0.717) is 12.6 Å². The lowest BCUT2D eigenvalue weighted by Gasteiger charge is -2.32. The second-order valence-corrected chi connectivity index (χ2v) is 5.72. The molecule has 0 radical (unpaired) electrons. The molecule has 1 aromatic rings. The minimum Gasteiger partial charge on any atom is -0.383 e. The quantitative estimate of drug-likeness (QED) is 0.810.